The van der Waals surface area contributed by atoms with E-state index >= 15 is 0 Å². The van der Waals surface area contributed by atoms with Crippen LogP contribution in [0, 0.1) is 11.6 Å². The molecule has 0 saturated carbocycles. The Hall–Kier alpha value is -3.36. The topological polar surface area (TPSA) is 67.2 Å². The Balaban J connectivity index is 1.46. The van der Waals surface area contributed by atoms with Crippen LogP contribution in [0.2, 0.25) is 0 Å². The molecular formula is C18H16F2N6O. The van der Waals surface area contributed by atoms with Crippen LogP contribution in [0.1, 0.15) is 10.4 Å². The Morgan fingerprint density at radius 1 is 0.926 bits per heavy atom. The molecule has 27 heavy (non-hydrogen) atoms. The van der Waals surface area contributed by atoms with Gasteiger partial charge < -0.3 is 9.80 Å². The zero-order valence-corrected chi connectivity index (χ0v) is 14.3. The summed E-state index contributed by atoms with van der Waals surface area (Å²) in [4.78, 5) is 16.1. The average molecular weight is 370 g/mol. The molecule has 0 bridgehead atoms. The molecular weight excluding hydrogens is 354 g/mol. The van der Waals surface area contributed by atoms with Crippen molar-refractivity contribution in [1.29, 1.82) is 0 Å². The number of tetrazole rings is 1. The van der Waals surface area contributed by atoms with Crippen molar-refractivity contribution in [3.05, 3.63) is 65.7 Å². The Labute approximate surface area is 153 Å². The molecule has 0 aliphatic carbocycles. The number of hydrogen-bond donors (Lipinski definition) is 0. The summed E-state index contributed by atoms with van der Waals surface area (Å²) in [5, 5.41) is 11.9. The summed E-state index contributed by atoms with van der Waals surface area (Å²) in [5.74, 6) is -1.72. The highest BCUT2D eigenvalue weighted by Crippen LogP contribution is 2.18. The van der Waals surface area contributed by atoms with Crippen LogP contribution in [-0.4, -0.2) is 57.2 Å². The quantitative estimate of drug-likeness (QED) is 0.705. The van der Waals surface area contributed by atoms with Gasteiger partial charge in [0.15, 0.2) is 11.6 Å². The van der Waals surface area contributed by atoms with Gasteiger partial charge in [-0.2, -0.15) is 4.68 Å². The van der Waals surface area contributed by atoms with Crippen LogP contribution in [0.4, 0.5) is 14.7 Å². The fraction of sp³-hybridized carbons (Fsp3) is 0.222. The van der Waals surface area contributed by atoms with Gasteiger partial charge in [-0.05, 0) is 40.8 Å². The number of hydrogen-bond acceptors (Lipinski definition) is 5. The molecule has 1 aliphatic heterocycles. The maximum atomic E-state index is 13.4. The van der Waals surface area contributed by atoms with Crippen LogP contribution < -0.4 is 4.90 Å². The summed E-state index contributed by atoms with van der Waals surface area (Å²) in [5.41, 5.74) is 0.981. The first kappa shape index (κ1) is 17.1. The van der Waals surface area contributed by atoms with Crippen LogP contribution in [0.15, 0.2) is 48.5 Å². The van der Waals surface area contributed by atoms with Gasteiger partial charge in [0.05, 0.1) is 5.69 Å². The lowest BCUT2D eigenvalue weighted by atomic mass is 10.1. The number of carbonyl (C=O) groups excluding carboxylic acids is 1. The number of nitrogens with zero attached hydrogens (tertiary/aromatic N) is 6. The van der Waals surface area contributed by atoms with E-state index in [1.165, 1.54) is 6.07 Å². The molecule has 3 aromatic rings. The number of carbonyl (C=O) groups is 1. The molecule has 1 amide bonds. The van der Waals surface area contributed by atoms with Crippen LogP contribution in [-0.2, 0) is 0 Å². The molecule has 9 heteroatoms. The molecule has 0 N–H and O–H groups in total. The summed E-state index contributed by atoms with van der Waals surface area (Å²) >= 11 is 0. The molecule has 0 atom stereocenters. The summed E-state index contributed by atoms with van der Waals surface area (Å²) < 4.78 is 28.1. The van der Waals surface area contributed by atoms with E-state index in [1.807, 2.05) is 35.2 Å². The molecule has 1 aromatic heterocycles. The SMILES string of the molecule is O=C(c1ccc(F)c(F)c1)N1CCN(c2nnnn2-c2ccccc2)CC1. The van der Waals surface area contributed by atoms with Crippen molar-refractivity contribution in [2.75, 3.05) is 31.1 Å². The molecule has 1 fully saturated rings. The van der Waals surface area contributed by atoms with E-state index in [0.29, 0.717) is 32.1 Å². The van der Waals surface area contributed by atoms with Gasteiger partial charge in [-0.15, -0.1) is 0 Å². The molecule has 0 radical (unpaired) electrons. The average Bonchev–Trinajstić information content (AvgIpc) is 3.20. The van der Waals surface area contributed by atoms with Gasteiger partial charge in [0.25, 0.3) is 5.91 Å². The summed E-state index contributed by atoms with van der Waals surface area (Å²) in [7, 11) is 0. The number of benzene rings is 2. The minimum absolute atomic E-state index is 0.136. The van der Waals surface area contributed by atoms with Crippen LogP contribution in [0.5, 0.6) is 0 Å². The summed E-state index contributed by atoms with van der Waals surface area (Å²) in [6.07, 6.45) is 0. The number of aromatic nitrogens is 4. The molecule has 138 valence electrons. The number of rotatable bonds is 3. The van der Waals surface area contributed by atoms with Gasteiger partial charge in [-0.3, -0.25) is 4.79 Å². The minimum Gasteiger partial charge on any atom is -0.336 e. The van der Waals surface area contributed by atoms with Crippen LogP contribution in [0.25, 0.3) is 5.69 Å². The number of piperazine rings is 1. The van der Waals surface area contributed by atoms with Gasteiger partial charge in [0, 0.05) is 31.7 Å². The van der Waals surface area contributed by atoms with Gasteiger partial charge in [-0.25, -0.2) is 8.78 Å². The smallest absolute Gasteiger partial charge is 0.254 e. The van der Waals surface area contributed by atoms with Crippen molar-refractivity contribution in [2.45, 2.75) is 0 Å². The lowest BCUT2D eigenvalue weighted by molar-refractivity contribution is 0.0745. The van der Waals surface area contributed by atoms with E-state index in [4.69, 9.17) is 0 Å². The Morgan fingerprint density at radius 3 is 2.37 bits per heavy atom. The van der Waals surface area contributed by atoms with E-state index in [9.17, 15) is 13.6 Å². The Kier molecular flexibility index (Phi) is 4.49. The molecule has 0 unspecified atom stereocenters. The standard InChI is InChI=1S/C18H16F2N6O/c19-15-7-6-13(12-16(15)20)17(27)24-8-10-25(11-9-24)18-21-22-23-26(18)14-4-2-1-3-5-14/h1-7,12H,8-11H2. The highest BCUT2D eigenvalue weighted by molar-refractivity contribution is 5.94. The largest absolute Gasteiger partial charge is 0.336 e. The normalized spacial score (nSPS) is 14.4. The maximum Gasteiger partial charge on any atom is 0.254 e. The van der Waals surface area contributed by atoms with Gasteiger partial charge in [-0.1, -0.05) is 23.3 Å². The minimum atomic E-state index is -1.03. The van der Waals surface area contributed by atoms with E-state index in [1.54, 1.807) is 9.58 Å². The van der Waals surface area contributed by atoms with Gasteiger partial charge in [0.2, 0.25) is 5.95 Å². The second kappa shape index (κ2) is 7.10. The first-order chi connectivity index (χ1) is 13.1. The van der Waals surface area contributed by atoms with Gasteiger partial charge >= 0.3 is 0 Å². The predicted octanol–water partition coefficient (Wildman–Crippen LogP) is 1.90. The zero-order chi connectivity index (χ0) is 18.8. The van der Waals surface area contributed by atoms with Crippen molar-refractivity contribution in [3.8, 4) is 5.69 Å². The summed E-state index contributed by atoms with van der Waals surface area (Å²) in [6.45, 7) is 1.92. The lowest BCUT2D eigenvalue weighted by Crippen LogP contribution is -2.49. The fourth-order valence-electron chi connectivity index (χ4n) is 3.04. The van der Waals surface area contributed by atoms with E-state index < -0.39 is 11.6 Å². The van der Waals surface area contributed by atoms with Gasteiger partial charge in [0.1, 0.15) is 0 Å². The van der Waals surface area contributed by atoms with E-state index in [0.717, 1.165) is 17.8 Å². The highest BCUT2D eigenvalue weighted by Gasteiger charge is 2.26. The first-order valence-electron chi connectivity index (χ1n) is 8.46. The van der Waals surface area contributed by atoms with Crippen molar-refractivity contribution in [1.82, 2.24) is 25.1 Å². The molecule has 0 spiro atoms. The van der Waals surface area contributed by atoms with Crippen molar-refractivity contribution >= 4 is 11.9 Å². The third kappa shape index (κ3) is 3.35. The second-order valence-electron chi connectivity index (χ2n) is 6.13. The molecule has 2 aromatic carbocycles. The third-order valence-corrected chi connectivity index (χ3v) is 4.47. The van der Waals surface area contributed by atoms with Crippen LogP contribution in [0.3, 0.4) is 0 Å². The van der Waals surface area contributed by atoms with E-state index in [2.05, 4.69) is 15.5 Å². The third-order valence-electron chi connectivity index (χ3n) is 4.47. The number of para-hydroxylation sites is 1. The van der Waals surface area contributed by atoms with Crippen LogP contribution >= 0.6 is 0 Å². The highest BCUT2D eigenvalue weighted by atomic mass is 19.2. The Bertz CT molecular complexity index is 953. The predicted molar refractivity (Wildman–Crippen MR) is 93.6 cm³/mol. The maximum absolute atomic E-state index is 13.4. The summed E-state index contributed by atoms with van der Waals surface area (Å²) in [6, 6.07) is 12.7. The number of anilines is 1. The monoisotopic (exact) mass is 370 g/mol. The second-order valence-corrected chi connectivity index (χ2v) is 6.13. The van der Waals surface area contributed by atoms with Crippen molar-refractivity contribution < 1.29 is 13.6 Å². The molecule has 2 heterocycles. The van der Waals surface area contributed by atoms with Crippen molar-refractivity contribution in [2.24, 2.45) is 0 Å². The molecule has 1 saturated heterocycles. The van der Waals surface area contributed by atoms with E-state index in [-0.39, 0.29) is 11.5 Å². The zero-order valence-electron chi connectivity index (χ0n) is 14.3. The van der Waals surface area contributed by atoms with Crippen molar-refractivity contribution in [3.63, 3.8) is 0 Å². The molecule has 7 nitrogen and oxygen atoms in total. The number of halogens is 2. The number of amides is 1. The first-order valence-corrected chi connectivity index (χ1v) is 8.46. The fourth-order valence-corrected chi connectivity index (χ4v) is 3.04. The molecule has 1 aliphatic rings. The molecule has 4 rings (SSSR count). The lowest BCUT2D eigenvalue weighted by Gasteiger charge is -2.34. The Morgan fingerprint density at radius 2 is 1.67 bits per heavy atom.